The van der Waals surface area contributed by atoms with Gasteiger partial charge in [0.15, 0.2) is 5.82 Å². The van der Waals surface area contributed by atoms with E-state index in [1.165, 1.54) is 12.1 Å². The Morgan fingerprint density at radius 1 is 1.19 bits per heavy atom. The van der Waals surface area contributed by atoms with Crippen LogP contribution in [0.4, 0.5) is 4.39 Å². The number of nitrogens with one attached hydrogen (secondary N) is 2. The van der Waals surface area contributed by atoms with Crippen LogP contribution in [0.15, 0.2) is 42.5 Å². The third-order valence-electron chi connectivity index (χ3n) is 4.18. The molecular formula is C19H22FN5O. The normalized spacial score (nSPS) is 12.3. The van der Waals surface area contributed by atoms with Crippen molar-refractivity contribution < 1.29 is 9.18 Å². The number of halogens is 1. The zero-order valence-corrected chi connectivity index (χ0v) is 14.3. The fourth-order valence-electron chi connectivity index (χ4n) is 2.72. The van der Waals surface area contributed by atoms with E-state index in [9.17, 15) is 9.18 Å². The maximum Gasteiger partial charge on any atom is 0.287 e. The largest absolute Gasteiger partial charge is 0.348 e. The third kappa shape index (κ3) is 4.25. The topological polar surface area (TPSA) is 110 Å². The van der Waals surface area contributed by atoms with E-state index in [0.29, 0.717) is 18.6 Å². The summed E-state index contributed by atoms with van der Waals surface area (Å²) >= 11 is 0. The van der Waals surface area contributed by atoms with Gasteiger partial charge in [-0.05, 0) is 54.8 Å². The number of carbonyl (C=O) groups is 1. The highest BCUT2D eigenvalue weighted by Gasteiger charge is 2.13. The van der Waals surface area contributed by atoms with Crippen LogP contribution >= 0.6 is 0 Å². The summed E-state index contributed by atoms with van der Waals surface area (Å²) in [5.74, 6) is -0.340. The molecule has 1 amide bonds. The van der Waals surface area contributed by atoms with Crippen LogP contribution in [0.25, 0.3) is 22.2 Å². The van der Waals surface area contributed by atoms with Gasteiger partial charge in [0.25, 0.3) is 5.91 Å². The van der Waals surface area contributed by atoms with Crippen molar-refractivity contribution in [2.45, 2.75) is 18.9 Å². The standard InChI is InChI=1S/C19H22FN5O/c20-14-6-3-12(4-7-14)13-5-8-16-17(10-13)25-18(24-16)19(26)23-11-15(22)2-1-9-21/h3-8,10,15H,1-2,9,11,21-22H2,(H,23,26)(H,24,25)/t15-/m1/s1. The number of hydrogen-bond donors (Lipinski definition) is 4. The molecule has 0 aliphatic rings. The predicted octanol–water partition coefficient (Wildman–Crippen LogP) is 2.17. The van der Waals surface area contributed by atoms with Crippen LogP contribution in [0.1, 0.15) is 23.5 Å². The van der Waals surface area contributed by atoms with E-state index in [0.717, 1.165) is 29.5 Å². The number of H-pyrrole nitrogens is 1. The van der Waals surface area contributed by atoms with Gasteiger partial charge in [0.1, 0.15) is 5.82 Å². The minimum Gasteiger partial charge on any atom is -0.348 e. The van der Waals surface area contributed by atoms with E-state index in [1.807, 2.05) is 18.2 Å². The number of fused-ring (bicyclic) bond motifs is 1. The molecule has 1 heterocycles. The molecule has 6 N–H and O–H groups in total. The van der Waals surface area contributed by atoms with Gasteiger partial charge in [0, 0.05) is 12.6 Å². The lowest BCUT2D eigenvalue weighted by atomic mass is 10.1. The SMILES string of the molecule is NCCC[C@@H](N)CNC(=O)c1nc2cc(-c3ccc(F)cc3)ccc2[nH]1. The molecule has 0 aliphatic carbocycles. The molecule has 0 unspecified atom stereocenters. The molecule has 0 saturated heterocycles. The summed E-state index contributed by atoms with van der Waals surface area (Å²) in [6.07, 6.45) is 1.59. The Morgan fingerprint density at radius 3 is 2.65 bits per heavy atom. The lowest BCUT2D eigenvalue weighted by molar-refractivity contribution is 0.0941. The molecule has 0 bridgehead atoms. The molecule has 0 radical (unpaired) electrons. The Kier molecular flexibility index (Phi) is 5.60. The quantitative estimate of drug-likeness (QED) is 0.520. The van der Waals surface area contributed by atoms with Gasteiger partial charge in [-0.1, -0.05) is 18.2 Å². The first-order valence-electron chi connectivity index (χ1n) is 8.56. The van der Waals surface area contributed by atoms with Gasteiger partial charge in [0.2, 0.25) is 0 Å². The molecule has 0 fully saturated rings. The lowest BCUT2D eigenvalue weighted by Crippen LogP contribution is -2.37. The summed E-state index contributed by atoms with van der Waals surface area (Å²) in [6, 6.07) is 11.7. The van der Waals surface area contributed by atoms with E-state index >= 15 is 0 Å². The van der Waals surface area contributed by atoms with Crippen LogP contribution in [-0.4, -0.2) is 35.0 Å². The van der Waals surface area contributed by atoms with Crippen LogP contribution in [0.3, 0.4) is 0 Å². The lowest BCUT2D eigenvalue weighted by Gasteiger charge is -2.11. The zero-order chi connectivity index (χ0) is 18.5. The zero-order valence-electron chi connectivity index (χ0n) is 14.3. The van der Waals surface area contributed by atoms with Gasteiger partial charge in [-0.2, -0.15) is 0 Å². The number of amides is 1. The number of rotatable bonds is 7. The Labute approximate surface area is 150 Å². The molecule has 136 valence electrons. The van der Waals surface area contributed by atoms with Crippen LogP contribution in [0.2, 0.25) is 0 Å². The van der Waals surface area contributed by atoms with Crippen molar-refractivity contribution in [1.82, 2.24) is 15.3 Å². The number of hydrogen-bond acceptors (Lipinski definition) is 4. The average Bonchev–Trinajstić information content (AvgIpc) is 3.08. The first kappa shape index (κ1) is 18.0. The van der Waals surface area contributed by atoms with E-state index < -0.39 is 0 Å². The molecule has 3 rings (SSSR count). The molecule has 3 aromatic rings. The van der Waals surface area contributed by atoms with Crippen molar-refractivity contribution in [2.75, 3.05) is 13.1 Å². The summed E-state index contributed by atoms with van der Waals surface area (Å²) in [5.41, 5.74) is 14.6. The highest BCUT2D eigenvalue weighted by molar-refractivity contribution is 5.94. The maximum absolute atomic E-state index is 13.1. The summed E-state index contributed by atoms with van der Waals surface area (Å²) in [5, 5.41) is 2.78. The van der Waals surface area contributed by atoms with Crippen LogP contribution in [-0.2, 0) is 0 Å². The smallest absolute Gasteiger partial charge is 0.287 e. The van der Waals surface area contributed by atoms with E-state index in [2.05, 4.69) is 15.3 Å². The van der Waals surface area contributed by atoms with Crippen LogP contribution in [0, 0.1) is 5.82 Å². The van der Waals surface area contributed by atoms with Crippen LogP contribution < -0.4 is 16.8 Å². The van der Waals surface area contributed by atoms with Gasteiger partial charge in [0.05, 0.1) is 11.0 Å². The number of nitrogens with two attached hydrogens (primary N) is 2. The van der Waals surface area contributed by atoms with Crippen molar-refractivity contribution in [2.24, 2.45) is 11.5 Å². The minimum absolute atomic E-state index is 0.128. The summed E-state index contributed by atoms with van der Waals surface area (Å²) < 4.78 is 13.1. The number of carbonyl (C=O) groups excluding carboxylic acids is 1. The molecule has 7 heteroatoms. The van der Waals surface area contributed by atoms with Gasteiger partial charge in [-0.25, -0.2) is 9.37 Å². The highest BCUT2D eigenvalue weighted by atomic mass is 19.1. The molecule has 2 aromatic carbocycles. The van der Waals surface area contributed by atoms with Gasteiger partial charge in [-0.3, -0.25) is 4.79 Å². The highest BCUT2D eigenvalue weighted by Crippen LogP contribution is 2.23. The predicted molar refractivity (Wildman–Crippen MR) is 100 cm³/mol. The summed E-state index contributed by atoms with van der Waals surface area (Å²) in [4.78, 5) is 19.6. The van der Waals surface area contributed by atoms with Crippen molar-refractivity contribution in [3.8, 4) is 11.1 Å². The number of aromatic nitrogens is 2. The number of nitrogens with zero attached hydrogens (tertiary/aromatic N) is 1. The molecule has 0 spiro atoms. The summed E-state index contributed by atoms with van der Waals surface area (Å²) in [7, 11) is 0. The van der Waals surface area contributed by atoms with E-state index in [-0.39, 0.29) is 23.6 Å². The molecule has 0 aliphatic heterocycles. The number of aromatic amines is 1. The molecule has 6 nitrogen and oxygen atoms in total. The fourth-order valence-corrected chi connectivity index (χ4v) is 2.72. The molecular weight excluding hydrogens is 333 g/mol. The summed E-state index contributed by atoms with van der Waals surface area (Å²) in [6.45, 7) is 0.957. The Hall–Kier alpha value is -2.77. The minimum atomic E-state index is -0.298. The monoisotopic (exact) mass is 355 g/mol. The average molecular weight is 355 g/mol. The third-order valence-corrected chi connectivity index (χ3v) is 4.18. The second kappa shape index (κ2) is 8.07. The fraction of sp³-hybridized carbons (Fsp3) is 0.263. The van der Waals surface area contributed by atoms with E-state index in [1.54, 1.807) is 12.1 Å². The molecule has 26 heavy (non-hydrogen) atoms. The van der Waals surface area contributed by atoms with Gasteiger partial charge >= 0.3 is 0 Å². The van der Waals surface area contributed by atoms with Crippen LogP contribution in [0.5, 0.6) is 0 Å². The Morgan fingerprint density at radius 2 is 1.92 bits per heavy atom. The van der Waals surface area contributed by atoms with Crippen molar-refractivity contribution in [3.63, 3.8) is 0 Å². The Balaban J connectivity index is 1.72. The first-order valence-corrected chi connectivity index (χ1v) is 8.56. The second-order valence-electron chi connectivity index (χ2n) is 6.23. The van der Waals surface area contributed by atoms with Gasteiger partial charge < -0.3 is 21.8 Å². The molecule has 1 atom stereocenters. The molecule has 0 saturated carbocycles. The van der Waals surface area contributed by atoms with Gasteiger partial charge in [-0.15, -0.1) is 0 Å². The van der Waals surface area contributed by atoms with E-state index in [4.69, 9.17) is 11.5 Å². The van der Waals surface area contributed by atoms with Crippen molar-refractivity contribution in [1.29, 1.82) is 0 Å². The second-order valence-corrected chi connectivity index (χ2v) is 6.23. The van der Waals surface area contributed by atoms with Crippen molar-refractivity contribution in [3.05, 3.63) is 54.1 Å². The Bertz CT molecular complexity index is 891. The maximum atomic E-state index is 13.1. The first-order chi connectivity index (χ1) is 12.6. The molecule has 1 aromatic heterocycles. The number of imidazole rings is 1. The number of benzene rings is 2. The van der Waals surface area contributed by atoms with Crippen molar-refractivity contribution >= 4 is 16.9 Å².